The van der Waals surface area contributed by atoms with Crippen LogP contribution in [-0.4, -0.2) is 57.3 Å². The highest BCUT2D eigenvalue weighted by Crippen LogP contribution is 2.23. The molecule has 8 nitrogen and oxygen atoms in total. The number of piperidine rings is 1. The van der Waals surface area contributed by atoms with E-state index in [0.717, 1.165) is 0 Å². The molecule has 2 rings (SSSR count). The highest BCUT2D eigenvalue weighted by molar-refractivity contribution is 7.89. The number of sulfonamides is 1. The molecule has 2 amide bonds. The molecular weight excluding hydrogens is 380 g/mol. The maximum atomic E-state index is 12.5. The Labute approximate surface area is 160 Å². The average molecular weight is 405 g/mol. The Morgan fingerprint density at radius 1 is 1.08 bits per heavy atom. The zero-order valence-corrected chi connectivity index (χ0v) is 16.0. The summed E-state index contributed by atoms with van der Waals surface area (Å²) in [6.07, 6.45) is 1.36. The summed E-state index contributed by atoms with van der Waals surface area (Å²) < 4.78 is 26.6. The second-order valence-electron chi connectivity index (χ2n) is 5.95. The number of hydrogen-bond acceptors (Lipinski definition) is 5. The van der Waals surface area contributed by atoms with Gasteiger partial charge in [-0.05, 0) is 30.9 Å². The molecule has 10 heteroatoms. The molecule has 1 saturated heterocycles. The number of amides is 2. The molecule has 0 atom stereocenters. The van der Waals surface area contributed by atoms with E-state index in [1.165, 1.54) is 4.31 Å². The smallest absolute Gasteiger partial charge is 0.243 e. The van der Waals surface area contributed by atoms with Crippen molar-refractivity contribution in [2.24, 2.45) is 11.7 Å². The highest BCUT2D eigenvalue weighted by Gasteiger charge is 2.29. The summed E-state index contributed by atoms with van der Waals surface area (Å²) in [5.41, 5.74) is 5.14. The molecule has 0 saturated carbocycles. The molecule has 1 aliphatic rings. The predicted molar refractivity (Wildman–Crippen MR) is 100 cm³/mol. The van der Waals surface area contributed by atoms with Gasteiger partial charge in [-0.3, -0.25) is 9.59 Å². The first kappa shape index (κ1) is 22.4. The van der Waals surface area contributed by atoms with Gasteiger partial charge in [-0.25, -0.2) is 8.42 Å². The van der Waals surface area contributed by atoms with Crippen LogP contribution in [0.4, 0.5) is 0 Å². The fraction of sp³-hybridized carbons (Fsp3) is 0.500. The number of nitrogens with zero attached hydrogens (tertiary/aromatic N) is 1. The third kappa shape index (κ3) is 6.24. The molecule has 0 unspecified atom stereocenters. The minimum absolute atomic E-state index is 0. The molecule has 4 N–H and O–H groups in total. The van der Waals surface area contributed by atoms with Gasteiger partial charge >= 0.3 is 0 Å². The Hall–Kier alpha value is -1.68. The summed E-state index contributed by atoms with van der Waals surface area (Å²) in [5, 5.41) is 5.16. The van der Waals surface area contributed by atoms with Gasteiger partial charge in [-0.1, -0.05) is 18.2 Å². The molecule has 1 aliphatic heterocycles. The fourth-order valence-electron chi connectivity index (χ4n) is 2.67. The van der Waals surface area contributed by atoms with Crippen LogP contribution in [0.25, 0.3) is 0 Å². The largest absolute Gasteiger partial charge is 0.354 e. The number of nitrogens with one attached hydrogen (secondary N) is 2. The number of rotatable bonds is 7. The predicted octanol–water partition coefficient (Wildman–Crippen LogP) is -0.300. The highest BCUT2D eigenvalue weighted by atomic mass is 35.5. The lowest BCUT2D eigenvalue weighted by Gasteiger charge is -2.31. The van der Waals surface area contributed by atoms with Crippen LogP contribution in [0.15, 0.2) is 35.2 Å². The first-order valence-corrected chi connectivity index (χ1v) is 9.66. The molecule has 0 radical (unpaired) electrons. The third-order valence-electron chi connectivity index (χ3n) is 4.17. The van der Waals surface area contributed by atoms with E-state index in [9.17, 15) is 18.0 Å². The van der Waals surface area contributed by atoms with E-state index >= 15 is 0 Å². The molecular formula is C16H25ClN4O4S. The Morgan fingerprint density at radius 3 is 2.27 bits per heavy atom. The van der Waals surface area contributed by atoms with Gasteiger partial charge in [0.1, 0.15) is 0 Å². The summed E-state index contributed by atoms with van der Waals surface area (Å²) in [6.45, 7) is 1.08. The average Bonchev–Trinajstić information content (AvgIpc) is 2.65. The molecule has 0 aromatic heterocycles. The van der Waals surface area contributed by atoms with E-state index in [4.69, 9.17) is 5.73 Å². The zero-order chi connectivity index (χ0) is 18.3. The quantitative estimate of drug-likeness (QED) is 0.576. The standard InChI is InChI=1S/C16H24N4O4S.ClH/c17-10-15(21)19-12-16(22)18-11-13-6-8-20(9-7-13)25(23,24)14-4-2-1-3-5-14;/h1-5,13H,6-12,17H2,(H,18,22)(H,19,21);1H. The second-order valence-corrected chi connectivity index (χ2v) is 7.88. The lowest BCUT2D eigenvalue weighted by atomic mass is 9.98. The van der Waals surface area contributed by atoms with Gasteiger partial charge in [-0.15, -0.1) is 12.4 Å². The minimum Gasteiger partial charge on any atom is -0.354 e. The van der Waals surface area contributed by atoms with Crippen molar-refractivity contribution in [1.29, 1.82) is 0 Å². The Balaban J connectivity index is 0.00000338. The maximum Gasteiger partial charge on any atom is 0.243 e. The van der Waals surface area contributed by atoms with Crippen LogP contribution in [-0.2, 0) is 19.6 Å². The molecule has 1 fully saturated rings. The van der Waals surface area contributed by atoms with Crippen molar-refractivity contribution < 1.29 is 18.0 Å². The summed E-state index contributed by atoms with van der Waals surface area (Å²) in [6, 6.07) is 8.38. The van der Waals surface area contributed by atoms with E-state index in [1.807, 2.05) is 0 Å². The van der Waals surface area contributed by atoms with Crippen LogP contribution in [0.3, 0.4) is 0 Å². The molecule has 1 aromatic rings. The summed E-state index contributed by atoms with van der Waals surface area (Å²) in [4.78, 5) is 22.9. The molecule has 1 heterocycles. The van der Waals surface area contributed by atoms with E-state index in [-0.39, 0.29) is 43.2 Å². The summed E-state index contributed by atoms with van der Waals surface area (Å²) >= 11 is 0. The monoisotopic (exact) mass is 404 g/mol. The molecule has 0 aliphatic carbocycles. The molecule has 0 spiro atoms. The van der Waals surface area contributed by atoms with E-state index in [0.29, 0.717) is 37.4 Å². The third-order valence-corrected chi connectivity index (χ3v) is 6.09. The van der Waals surface area contributed by atoms with Crippen LogP contribution in [0.1, 0.15) is 12.8 Å². The van der Waals surface area contributed by atoms with Gasteiger partial charge in [0.2, 0.25) is 21.8 Å². The van der Waals surface area contributed by atoms with E-state index < -0.39 is 10.0 Å². The number of benzene rings is 1. The summed E-state index contributed by atoms with van der Waals surface area (Å²) in [5.74, 6) is -0.438. The topological polar surface area (TPSA) is 122 Å². The maximum absolute atomic E-state index is 12.5. The van der Waals surface area contributed by atoms with Gasteiger partial charge in [0.25, 0.3) is 0 Å². The van der Waals surface area contributed by atoms with Crippen LogP contribution in [0.5, 0.6) is 0 Å². The lowest BCUT2D eigenvalue weighted by molar-refractivity contribution is -0.125. The van der Waals surface area contributed by atoms with Crippen LogP contribution >= 0.6 is 12.4 Å². The normalized spacial score (nSPS) is 15.7. The first-order chi connectivity index (χ1) is 11.9. The van der Waals surface area contributed by atoms with Gasteiger partial charge in [0, 0.05) is 19.6 Å². The van der Waals surface area contributed by atoms with Crippen molar-refractivity contribution in [3.8, 4) is 0 Å². The fourth-order valence-corrected chi connectivity index (χ4v) is 4.16. The SMILES string of the molecule is Cl.NCC(=O)NCC(=O)NCC1CCN(S(=O)(=O)c2ccccc2)CC1. The van der Waals surface area contributed by atoms with E-state index in [1.54, 1.807) is 30.3 Å². The van der Waals surface area contributed by atoms with Crippen LogP contribution in [0.2, 0.25) is 0 Å². The van der Waals surface area contributed by atoms with Gasteiger partial charge in [-0.2, -0.15) is 4.31 Å². The van der Waals surface area contributed by atoms with Crippen LogP contribution in [0, 0.1) is 5.92 Å². The lowest BCUT2D eigenvalue weighted by Crippen LogP contribution is -2.44. The molecule has 26 heavy (non-hydrogen) atoms. The number of carbonyl (C=O) groups is 2. The number of carbonyl (C=O) groups excluding carboxylic acids is 2. The Bertz CT molecular complexity index is 691. The Kier molecular flexibility index (Phi) is 9.00. The van der Waals surface area contributed by atoms with Crippen molar-refractivity contribution >= 4 is 34.2 Å². The van der Waals surface area contributed by atoms with Gasteiger partial charge in [0.15, 0.2) is 0 Å². The Morgan fingerprint density at radius 2 is 1.69 bits per heavy atom. The van der Waals surface area contributed by atoms with Crippen molar-refractivity contribution in [2.75, 3.05) is 32.7 Å². The first-order valence-electron chi connectivity index (χ1n) is 8.22. The second kappa shape index (κ2) is 10.5. The molecule has 146 valence electrons. The summed E-state index contributed by atoms with van der Waals surface area (Å²) in [7, 11) is -3.45. The van der Waals surface area contributed by atoms with E-state index in [2.05, 4.69) is 10.6 Å². The molecule has 1 aromatic carbocycles. The number of nitrogens with two attached hydrogens (primary N) is 1. The van der Waals surface area contributed by atoms with Gasteiger partial charge < -0.3 is 16.4 Å². The van der Waals surface area contributed by atoms with Crippen molar-refractivity contribution in [1.82, 2.24) is 14.9 Å². The van der Waals surface area contributed by atoms with Crippen LogP contribution < -0.4 is 16.4 Å². The zero-order valence-electron chi connectivity index (χ0n) is 14.4. The number of halogens is 1. The molecule has 0 bridgehead atoms. The van der Waals surface area contributed by atoms with Crippen molar-refractivity contribution in [3.05, 3.63) is 30.3 Å². The van der Waals surface area contributed by atoms with Crippen molar-refractivity contribution in [2.45, 2.75) is 17.7 Å². The van der Waals surface area contributed by atoms with Crippen molar-refractivity contribution in [3.63, 3.8) is 0 Å². The minimum atomic E-state index is -3.45. The number of hydrogen-bond donors (Lipinski definition) is 3. The van der Waals surface area contributed by atoms with Gasteiger partial charge in [0.05, 0.1) is 18.0 Å².